The summed E-state index contributed by atoms with van der Waals surface area (Å²) in [4.78, 5) is 21.6. The number of pyridine rings is 1. The molecule has 1 aromatic heterocycles. The fourth-order valence-electron chi connectivity index (χ4n) is 3.05. The topological polar surface area (TPSA) is 62.5 Å². The first-order chi connectivity index (χ1) is 12.8. The lowest BCUT2D eigenvalue weighted by atomic mass is 9.99. The second-order valence-corrected chi connectivity index (χ2v) is 5.98. The summed E-state index contributed by atoms with van der Waals surface area (Å²) in [6, 6.07) is 20.3. The molecule has 0 fully saturated rings. The van der Waals surface area contributed by atoms with Crippen molar-refractivity contribution in [1.82, 2.24) is 4.98 Å². The van der Waals surface area contributed by atoms with Crippen LogP contribution in [0.2, 0.25) is 0 Å². The number of aliphatic hydroxyl groups excluding tert-OH is 1. The summed E-state index contributed by atoms with van der Waals surface area (Å²) in [7, 11) is 0. The van der Waals surface area contributed by atoms with Gasteiger partial charge in [0.05, 0.1) is 17.8 Å². The van der Waals surface area contributed by atoms with Crippen molar-refractivity contribution >= 4 is 17.3 Å². The van der Waals surface area contributed by atoms with Crippen molar-refractivity contribution in [2.45, 2.75) is 6.54 Å². The Morgan fingerprint density at radius 1 is 0.885 bits per heavy atom. The van der Waals surface area contributed by atoms with Gasteiger partial charge in [0.25, 0.3) is 0 Å². The molecule has 0 atom stereocenters. The molecular formula is C22H16N2O2. The van der Waals surface area contributed by atoms with Gasteiger partial charge < -0.3 is 5.11 Å². The van der Waals surface area contributed by atoms with Crippen LogP contribution in [0.3, 0.4) is 0 Å². The predicted octanol–water partition coefficient (Wildman–Crippen LogP) is 4.24. The van der Waals surface area contributed by atoms with Crippen LogP contribution in [0.4, 0.5) is 0 Å². The Labute approximate surface area is 151 Å². The average molecular weight is 340 g/mol. The molecule has 3 aromatic rings. The van der Waals surface area contributed by atoms with Crippen LogP contribution in [0.1, 0.15) is 27.0 Å². The molecule has 0 radical (unpaired) electrons. The van der Waals surface area contributed by atoms with Crippen LogP contribution in [0.15, 0.2) is 89.7 Å². The minimum Gasteiger partial charge on any atom is -0.506 e. The number of aliphatic imine (C=N–C) groups is 1. The Hall–Kier alpha value is -3.53. The highest BCUT2D eigenvalue weighted by Gasteiger charge is 2.32. The van der Waals surface area contributed by atoms with Gasteiger partial charge in [-0.2, -0.15) is 0 Å². The predicted molar refractivity (Wildman–Crippen MR) is 101 cm³/mol. The zero-order valence-corrected chi connectivity index (χ0v) is 14.0. The van der Waals surface area contributed by atoms with Crippen molar-refractivity contribution in [1.29, 1.82) is 0 Å². The summed E-state index contributed by atoms with van der Waals surface area (Å²) in [5.41, 5.74) is 3.60. The molecule has 4 rings (SSSR count). The largest absolute Gasteiger partial charge is 0.506 e. The fraction of sp³-hybridized carbons (Fsp3) is 0.0455. The number of carbonyl (C=O) groups excluding carboxylic acids is 1. The number of aliphatic hydroxyl groups is 1. The highest BCUT2D eigenvalue weighted by atomic mass is 16.3. The van der Waals surface area contributed by atoms with Crippen molar-refractivity contribution < 1.29 is 9.90 Å². The average Bonchev–Trinajstić information content (AvgIpc) is 2.95. The molecule has 0 saturated carbocycles. The number of aromatic nitrogens is 1. The van der Waals surface area contributed by atoms with Crippen molar-refractivity contribution in [2.75, 3.05) is 0 Å². The molecule has 0 saturated heterocycles. The molecule has 1 aliphatic rings. The number of hydrogen-bond acceptors (Lipinski definition) is 4. The summed E-state index contributed by atoms with van der Waals surface area (Å²) < 4.78 is 0. The van der Waals surface area contributed by atoms with Gasteiger partial charge in [-0.15, -0.1) is 0 Å². The summed E-state index contributed by atoms with van der Waals surface area (Å²) >= 11 is 0. The summed E-state index contributed by atoms with van der Waals surface area (Å²) in [6.07, 6.45) is 3.42. The lowest BCUT2D eigenvalue weighted by Crippen LogP contribution is -2.13. The van der Waals surface area contributed by atoms with Crippen molar-refractivity contribution in [3.63, 3.8) is 0 Å². The SMILES string of the molecule is O=C1C(C(=NCc2ccncc2)c2ccccc2)=C(O)c2ccccc21. The first-order valence-corrected chi connectivity index (χ1v) is 8.32. The molecule has 0 amide bonds. The first kappa shape index (κ1) is 16.0. The quantitative estimate of drug-likeness (QED) is 0.723. The summed E-state index contributed by atoms with van der Waals surface area (Å²) in [5.74, 6) is -0.210. The maximum atomic E-state index is 12.9. The molecular weight excluding hydrogens is 324 g/mol. The van der Waals surface area contributed by atoms with Crippen LogP contribution in [-0.4, -0.2) is 21.6 Å². The molecule has 4 heteroatoms. The number of allylic oxidation sites excluding steroid dienone is 1. The van der Waals surface area contributed by atoms with Crippen LogP contribution in [0.5, 0.6) is 0 Å². The van der Waals surface area contributed by atoms with E-state index >= 15 is 0 Å². The summed E-state index contributed by atoms with van der Waals surface area (Å²) in [6.45, 7) is 0.396. The van der Waals surface area contributed by atoms with Crippen LogP contribution in [0, 0.1) is 0 Å². The number of nitrogens with zero attached hydrogens (tertiary/aromatic N) is 2. The number of Topliss-reactive ketones (excluding diaryl/α,β-unsaturated/α-hetero) is 1. The van der Waals surface area contributed by atoms with E-state index in [0.29, 0.717) is 23.4 Å². The smallest absolute Gasteiger partial charge is 0.199 e. The minimum atomic E-state index is -0.199. The molecule has 1 aliphatic carbocycles. The molecule has 0 spiro atoms. The van der Waals surface area contributed by atoms with Gasteiger partial charge in [-0.25, -0.2) is 0 Å². The van der Waals surface area contributed by atoms with Gasteiger partial charge in [0.15, 0.2) is 5.78 Å². The van der Waals surface area contributed by atoms with Gasteiger partial charge in [0.2, 0.25) is 0 Å². The Kier molecular flexibility index (Phi) is 4.15. The molecule has 0 unspecified atom stereocenters. The number of benzene rings is 2. The molecule has 26 heavy (non-hydrogen) atoms. The Morgan fingerprint density at radius 3 is 2.23 bits per heavy atom. The van der Waals surface area contributed by atoms with E-state index in [2.05, 4.69) is 9.98 Å². The van der Waals surface area contributed by atoms with Gasteiger partial charge in [0, 0.05) is 29.1 Å². The van der Waals surface area contributed by atoms with E-state index in [9.17, 15) is 9.90 Å². The van der Waals surface area contributed by atoms with Gasteiger partial charge >= 0.3 is 0 Å². The number of ketones is 1. The Bertz CT molecular complexity index is 1020. The number of carbonyl (C=O) groups is 1. The van der Waals surface area contributed by atoms with Gasteiger partial charge in [-0.05, 0) is 17.7 Å². The van der Waals surface area contributed by atoms with E-state index in [1.54, 1.807) is 30.6 Å². The molecule has 0 aliphatic heterocycles. The van der Waals surface area contributed by atoms with Crippen molar-refractivity contribution in [2.24, 2.45) is 4.99 Å². The van der Waals surface area contributed by atoms with Crippen LogP contribution in [0.25, 0.3) is 5.76 Å². The molecule has 4 nitrogen and oxygen atoms in total. The van der Waals surface area contributed by atoms with Gasteiger partial charge in [0.1, 0.15) is 5.76 Å². The molecule has 2 aromatic carbocycles. The number of rotatable bonds is 4. The van der Waals surface area contributed by atoms with Crippen LogP contribution >= 0.6 is 0 Å². The standard InChI is InChI=1S/C22H16N2O2/c25-21-17-8-4-5-9-18(17)22(26)19(21)20(16-6-2-1-3-7-16)24-14-15-10-12-23-13-11-15/h1-13,25H,14H2. The monoisotopic (exact) mass is 340 g/mol. The zero-order chi connectivity index (χ0) is 17.9. The minimum absolute atomic E-state index is 0.0112. The molecule has 126 valence electrons. The third-order valence-electron chi connectivity index (χ3n) is 4.34. The lowest BCUT2D eigenvalue weighted by Gasteiger charge is -2.09. The van der Waals surface area contributed by atoms with E-state index in [-0.39, 0.29) is 17.1 Å². The first-order valence-electron chi connectivity index (χ1n) is 8.32. The fourth-order valence-corrected chi connectivity index (χ4v) is 3.05. The highest BCUT2D eigenvalue weighted by Crippen LogP contribution is 2.33. The number of hydrogen-bond donors (Lipinski definition) is 1. The second kappa shape index (κ2) is 6.76. The molecule has 1 N–H and O–H groups in total. The van der Waals surface area contributed by atoms with Crippen molar-refractivity contribution in [3.8, 4) is 0 Å². The number of fused-ring (bicyclic) bond motifs is 1. The Morgan fingerprint density at radius 2 is 1.54 bits per heavy atom. The molecule has 1 heterocycles. The van der Waals surface area contributed by atoms with Crippen LogP contribution < -0.4 is 0 Å². The van der Waals surface area contributed by atoms with Gasteiger partial charge in [-0.1, -0.05) is 54.6 Å². The Balaban J connectivity index is 1.82. The van der Waals surface area contributed by atoms with E-state index in [1.165, 1.54) is 0 Å². The van der Waals surface area contributed by atoms with E-state index in [4.69, 9.17) is 0 Å². The van der Waals surface area contributed by atoms with E-state index < -0.39 is 0 Å². The third kappa shape index (κ3) is 2.82. The maximum absolute atomic E-state index is 12.9. The highest BCUT2D eigenvalue weighted by molar-refractivity contribution is 6.39. The normalized spacial score (nSPS) is 13.8. The van der Waals surface area contributed by atoms with Crippen molar-refractivity contribution in [3.05, 3.63) is 107 Å². The van der Waals surface area contributed by atoms with E-state index in [0.717, 1.165) is 11.1 Å². The van der Waals surface area contributed by atoms with E-state index in [1.807, 2.05) is 48.5 Å². The zero-order valence-electron chi connectivity index (χ0n) is 14.0. The third-order valence-corrected chi connectivity index (χ3v) is 4.34. The second-order valence-electron chi connectivity index (χ2n) is 5.98. The maximum Gasteiger partial charge on any atom is 0.199 e. The molecule has 0 bridgehead atoms. The summed E-state index contributed by atoms with van der Waals surface area (Å²) in [5, 5.41) is 10.7. The lowest BCUT2D eigenvalue weighted by molar-refractivity contribution is 0.104. The van der Waals surface area contributed by atoms with Gasteiger partial charge in [-0.3, -0.25) is 14.8 Å². The van der Waals surface area contributed by atoms with Crippen LogP contribution in [-0.2, 0) is 6.54 Å².